The molecule has 6 nitrogen and oxygen atoms in total. The highest BCUT2D eigenvalue weighted by atomic mass is 32.2. The van der Waals surface area contributed by atoms with Gasteiger partial charge in [-0.1, -0.05) is 30.3 Å². The zero-order valence-corrected chi connectivity index (χ0v) is 18.0. The molecule has 1 N–H and O–H groups in total. The average Bonchev–Trinajstić information content (AvgIpc) is 3.27. The summed E-state index contributed by atoms with van der Waals surface area (Å²) in [6.45, 7) is 3.87. The summed E-state index contributed by atoms with van der Waals surface area (Å²) in [5.41, 5.74) is 0.857. The smallest absolute Gasteiger partial charge is 0.261 e. The normalized spacial score (nSPS) is 15.1. The summed E-state index contributed by atoms with van der Waals surface area (Å²) in [5.74, 6) is -0.0773. The predicted molar refractivity (Wildman–Crippen MR) is 119 cm³/mol. The number of benzene rings is 2. The van der Waals surface area contributed by atoms with Crippen LogP contribution in [-0.2, 0) is 16.6 Å². The lowest BCUT2D eigenvalue weighted by molar-refractivity contribution is 0.0629. The topological polar surface area (TPSA) is 69.7 Å². The lowest BCUT2D eigenvalue weighted by Gasteiger charge is -2.34. The summed E-state index contributed by atoms with van der Waals surface area (Å²) in [4.78, 5) is 18.6. The number of carbonyl (C=O) groups excluding carboxylic acids is 1. The monoisotopic (exact) mass is 441 g/mol. The quantitative estimate of drug-likeness (QED) is 0.636. The van der Waals surface area contributed by atoms with Gasteiger partial charge in [0.05, 0.1) is 4.90 Å². The van der Waals surface area contributed by atoms with E-state index in [1.54, 1.807) is 53.8 Å². The Hall–Kier alpha value is -2.68. The summed E-state index contributed by atoms with van der Waals surface area (Å²) in [5, 5.41) is 2.08. The van der Waals surface area contributed by atoms with Gasteiger partial charge in [-0.2, -0.15) is 0 Å². The molecule has 4 rings (SSSR count). The van der Waals surface area contributed by atoms with E-state index >= 15 is 0 Å². The van der Waals surface area contributed by atoms with Gasteiger partial charge in [0.25, 0.3) is 15.9 Å². The second-order valence-electron chi connectivity index (χ2n) is 7.15. The third-order valence-electron chi connectivity index (χ3n) is 5.03. The van der Waals surface area contributed by atoms with Crippen molar-refractivity contribution >= 4 is 33.0 Å². The maximum absolute atomic E-state index is 12.9. The van der Waals surface area contributed by atoms with Gasteiger partial charge in [-0.25, -0.2) is 8.42 Å². The van der Waals surface area contributed by atoms with Crippen LogP contribution in [0, 0.1) is 0 Å². The summed E-state index contributed by atoms with van der Waals surface area (Å²) in [6.07, 6.45) is 0. The fraction of sp³-hybridized carbons (Fsp3) is 0.227. The molecule has 2 aromatic carbocycles. The van der Waals surface area contributed by atoms with Crippen molar-refractivity contribution in [2.75, 3.05) is 30.9 Å². The summed E-state index contributed by atoms with van der Waals surface area (Å²) in [7, 11) is -3.69. The van der Waals surface area contributed by atoms with Gasteiger partial charge in [-0.15, -0.1) is 11.3 Å². The molecule has 0 saturated carbocycles. The van der Waals surface area contributed by atoms with Crippen LogP contribution in [0.25, 0.3) is 0 Å². The van der Waals surface area contributed by atoms with E-state index in [0.717, 1.165) is 19.6 Å². The molecule has 2 heterocycles. The van der Waals surface area contributed by atoms with E-state index in [4.69, 9.17) is 0 Å². The highest BCUT2D eigenvalue weighted by Gasteiger charge is 2.23. The summed E-state index contributed by atoms with van der Waals surface area (Å²) < 4.78 is 27.6. The number of hydrogen-bond acceptors (Lipinski definition) is 5. The lowest BCUT2D eigenvalue weighted by Crippen LogP contribution is -2.48. The van der Waals surface area contributed by atoms with Crippen LogP contribution in [0.2, 0.25) is 0 Å². The Kier molecular flexibility index (Phi) is 6.17. The molecule has 30 heavy (non-hydrogen) atoms. The Balaban J connectivity index is 1.39. The Morgan fingerprint density at radius 1 is 0.933 bits per heavy atom. The van der Waals surface area contributed by atoms with Crippen LogP contribution < -0.4 is 4.72 Å². The number of rotatable bonds is 6. The van der Waals surface area contributed by atoms with Crippen LogP contribution >= 0.6 is 11.3 Å². The van der Waals surface area contributed by atoms with Gasteiger partial charge in [-0.05, 0) is 41.8 Å². The first kappa shape index (κ1) is 20.6. The van der Waals surface area contributed by atoms with Crippen LogP contribution in [0.3, 0.4) is 0 Å². The molecule has 0 spiro atoms. The van der Waals surface area contributed by atoms with Crippen molar-refractivity contribution in [1.29, 1.82) is 0 Å². The molecule has 1 aliphatic rings. The van der Waals surface area contributed by atoms with Crippen molar-refractivity contribution < 1.29 is 13.2 Å². The van der Waals surface area contributed by atoms with E-state index in [1.165, 1.54) is 17.0 Å². The van der Waals surface area contributed by atoms with E-state index in [9.17, 15) is 13.2 Å². The number of amides is 1. The molecule has 0 radical (unpaired) electrons. The van der Waals surface area contributed by atoms with Crippen LogP contribution in [0.1, 0.15) is 15.2 Å². The first-order chi connectivity index (χ1) is 14.5. The maximum atomic E-state index is 12.9. The van der Waals surface area contributed by atoms with Crippen molar-refractivity contribution in [1.82, 2.24) is 9.80 Å². The number of nitrogens with one attached hydrogen (secondary N) is 1. The van der Waals surface area contributed by atoms with Gasteiger partial charge < -0.3 is 4.90 Å². The minimum absolute atomic E-state index is 0.0773. The van der Waals surface area contributed by atoms with Crippen LogP contribution in [0.15, 0.2) is 77.0 Å². The first-order valence-corrected chi connectivity index (χ1v) is 12.1. The molecule has 1 aromatic heterocycles. The van der Waals surface area contributed by atoms with Crippen LogP contribution in [-0.4, -0.2) is 50.3 Å². The number of carbonyl (C=O) groups is 1. The third-order valence-corrected chi connectivity index (χ3v) is 7.29. The summed E-state index contributed by atoms with van der Waals surface area (Å²) >= 11 is 1.75. The fourth-order valence-corrected chi connectivity index (χ4v) is 5.26. The van der Waals surface area contributed by atoms with Gasteiger partial charge >= 0.3 is 0 Å². The number of hydrogen-bond donors (Lipinski definition) is 1. The number of anilines is 1. The molecule has 0 bridgehead atoms. The van der Waals surface area contributed by atoms with E-state index in [1.807, 2.05) is 4.90 Å². The van der Waals surface area contributed by atoms with Crippen molar-refractivity contribution in [2.24, 2.45) is 0 Å². The largest absolute Gasteiger partial charge is 0.336 e. The van der Waals surface area contributed by atoms with Gasteiger partial charge in [0.15, 0.2) is 0 Å². The lowest BCUT2D eigenvalue weighted by atomic mass is 10.1. The van der Waals surface area contributed by atoms with Crippen molar-refractivity contribution in [3.05, 3.63) is 82.6 Å². The molecule has 156 valence electrons. The standard InChI is InChI=1S/C22H23N3O3S2/c26-22(25-13-11-24(12-14-25)17-20-8-5-15-29-20)18-6-4-7-19(16-18)23-30(27,28)21-9-2-1-3-10-21/h1-10,15-16,23H,11-14,17H2. The molecule has 0 atom stereocenters. The highest BCUT2D eigenvalue weighted by Crippen LogP contribution is 2.19. The Labute approximate surface area is 180 Å². The highest BCUT2D eigenvalue weighted by molar-refractivity contribution is 7.92. The number of thiophene rings is 1. The van der Waals surface area contributed by atoms with E-state index in [-0.39, 0.29) is 10.8 Å². The van der Waals surface area contributed by atoms with Crippen molar-refractivity contribution in [3.63, 3.8) is 0 Å². The van der Waals surface area contributed by atoms with Crippen LogP contribution in [0.4, 0.5) is 5.69 Å². The Morgan fingerprint density at radius 2 is 1.70 bits per heavy atom. The Bertz CT molecular complexity index is 1090. The zero-order chi connectivity index (χ0) is 21.0. The minimum atomic E-state index is -3.69. The molecule has 8 heteroatoms. The molecule has 0 unspecified atom stereocenters. The second-order valence-corrected chi connectivity index (χ2v) is 9.86. The van der Waals surface area contributed by atoms with Gasteiger partial charge in [0.1, 0.15) is 0 Å². The van der Waals surface area contributed by atoms with E-state index in [0.29, 0.717) is 24.3 Å². The van der Waals surface area contributed by atoms with E-state index < -0.39 is 10.0 Å². The van der Waals surface area contributed by atoms with Gasteiger partial charge in [0.2, 0.25) is 0 Å². The Morgan fingerprint density at radius 3 is 2.40 bits per heavy atom. The van der Waals surface area contributed by atoms with Gasteiger partial charge in [-0.3, -0.25) is 14.4 Å². The SMILES string of the molecule is O=C(c1cccc(NS(=O)(=O)c2ccccc2)c1)N1CCN(Cc2cccs2)CC1. The predicted octanol–water partition coefficient (Wildman–Crippen LogP) is 3.51. The number of nitrogens with zero attached hydrogens (tertiary/aromatic N) is 2. The maximum Gasteiger partial charge on any atom is 0.261 e. The molecule has 0 aliphatic carbocycles. The molecule has 1 saturated heterocycles. The molecule has 3 aromatic rings. The molecule has 1 amide bonds. The fourth-order valence-electron chi connectivity index (χ4n) is 3.44. The average molecular weight is 442 g/mol. The third kappa shape index (κ3) is 4.89. The molecular weight excluding hydrogens is 418 g/mol. The van der Waals surface area contributed by atoms with Gasteiger partial charge in [0, 0.05) is 48.9 Å². The molecular formula is C22H23N3O3S2. The summed E-state index contributed by atoms with van der Waals surface area (Å²) in [6, 6.07) is 19.0. The molecule has 1 aliphatic heterocycles. The number of piperazine rings is 1. The molecule has 1 fully saturated rings. The number of sulfonamides is 1. The second kappa shape index (κ2) is 8.99. The first-order valence-electron chi connectivity index (χ1n) is 9.73. The van der Waals surface area contributed by atoms with Crippen molar-refractivity contribution in [2.45, 2.75) is 11.4 Å². The van der Waals surface area contributed by atoms with Crippen LogP contribution in [0.5, 0.6) is 0 Å². The zero-order valence-electron chi connectivity index (χ0n) is 16.4. The minimum Gasteiger partial charge on any atom is -0.336 e. The van der Waals surface area contributed by atoms with E-state index in [2.05, 4.69) is 27.1 Å². The van der Waals surface area contributed by atoms with Crippen molar-refractivity contribution in [3.8, 4) is 0 Å².